The van der Waals surface area contributed by atoms with Gasteiger partial charge in [-0.3, -0.25) is 4.79 Å². The monoisotopic (exact) mass is 269 g/mol. The largest absolute Gasteiger partial charge is 0.463 e. The highest BCUT2D eigenvalue weighted by Crippen LogP contribution is 2.01. The molecule has 0 aliphatic heterocycles. The Kier molecular flexibility index (Phi) is 7.77. The molecule has 0 aliphatic carbocycles. The third-order valence-corrected chi connectivity index (χ3v) is 2.44. The Balaban J connectivity index is 1.94. The van der Waals surface area contributed by atoms with Gasteiger partial charge in [-0.05, 0) is 17.7 Å². The molecule has 106 valence electrons. The van der Waals surface area contributed by atoms with E-state index in [1.54, 1.807) is 19.1 Å². The predicted octanol–water partition coefficient (Wildman–Crippen LogP) is 1.89. The summed E-state index contributed by atoms with van der Waals surface area (Å²) in [7, 11) is 0. The molecule has 0 bridgehead atoms. The first-order chi connectivity index (χ1) is 9.22. The lowest BCUT2D eigenvalue weighted by atomic mass is 10.2. The number of halogens is 1. The van der Waals surface area contributed by atoms with Crippen LogP contribution in [-0.2, 0) is 20.8 Å². The van der Waals surface area contributed by atoms with E-state index < -0.39 is 0 Å². The molecule has 1 N–H and O–H groups in total. The molecule has 19 heavy (non-hydrogen) atoms. The van der Waals surface area contributed by atoms with Crippen molar-refractivity contribution in [3.8, 4) is 0 Å². The number of carbonyl (C=O) groups is 1. The van der Waals surface area contributed by atoms with Crippen LogP contribution in [0.3, 0.4) is 0 Å². The Morgan fingerprint density at radius 2 is 1.95 bits per heavy atom. The number of hydrogen-bond acceptors (Lipinski definition) is 4. The van der Waals surface area contributed by atoms with Crippen LogP contribution in [0.4, 0.5) is 4.39 Å². The topological polar surface area (TPSA) is 47.6 Å². The van der Waals surface area contributed by atoms with Gasteiger partial charge in [0.15, 0.2) is 0 Å². The molecule has 1 aromatic rings. The van der Waals surface area contributed by atoms with Crippen LogP contribution in [0.15, 0.2) is 24.3 Å². The maximum Gasteiger partial charge on any atom is 0.305 e. The van der Waals surface area contributed by atoms with E-state index in [0.717, 1.165) is 5.56 Å². The summed E-state index contributed by atoms with van der Waals surface area (Å²) in [6.45, 7) is 4.37. The van der Waals surface area contributed by atoms with Gasteiger partial charge >= 0.3 is 5.97 Å². The van der Waals surface area contributed by atoms with Gasteiger partial charge in [0.25, 0.3) is 0 Å². The fraction of sp³-hybridized carbons (Fsp3) is 0.500. The Bertz CT molecular complexity index is 367. The van der Waals surface area contributed by atoms with E-state index in [9.17, 15) is 9.18 Å². The molecule has 4 nitrogen and oxygen atoms in total. The van der Waals surface area contributed by atoms with Crippen molar-refractivity contribution in [3.05, 3.63) is 35.6 Å². The molecular formula is C14H20FNO3. The first kappa shape index (κ1) is 15.6. The van der Waals surface area contributed by atoms with Gasteiger partial charge in [-0.1, -0.05) is 19.1 Å². The quantitative estimate of drug-likeness (QED) is 0.549. The third-order valence-electron chi connectivity index (χ3n) is 2.44. The van der Waals surface area contributed by atoms with Crippen LogP contribution in [0.2, 0.25) is 0 Å². The van der Waals surface area contributed by atoms with E-state index in [1.165, 1.54) is 12.1 Å². The maximum atomic E-state index is 12.7. The van der Waals surface area contributed by atoms with Crippen molar-refractivity contribution >= 4 is 5.97 Å². The van der Waals surface area contributed by atoms with Gasteiger partial charge in [0.1, 0.15) is 12.4 Å². The zero-order chi connectivity index (χ0) is 13.9. The number of esters is 1. The number of nitrogens with one attached hydrogen (secondary N) is 1. The lowest BCUT2D eigenvalue weighted by Gasteiger charge is -2.07. The fourth-order valence-electron chi connectivity index (χ4n) is 1.40. The molecule has 1 aromatic carbocycles. The minimum absolute atomic E-state index is 0.210. The predicted molar refractivity (Wildman–Crippen MR) is 70.2 cm³/mol. The SMILES string of the molecule is CCC(=O)OCCOCCNCc1ccc(F)cc1. The van der Waals surface area contributed by atoms with E-state index in [4.69, 9.17) is 9.47 Å². The molecule has 0 saturated carbocycles. The molecule has 0 aliphatic rings. The van der Waals surface area contributed by atoms with Gasteiger partial charge in [-0.15, -0.1) is 0 Å². The van der Waals surface area contributed by atoms with E-state index in [1.807, 2.05) is 0 Å². The molecule has 5 heteroatoms. The second kappa shape index (κ2) is 9.47. The fourth-order valence-corrected chi connectivity index (χ4v) is 1.40. The van der Waals surface area contributed by atoms with Gasteiger partial charge in [0, 0.05) is 19.5 Å². The highest BCUT2D eigenvalue weighted by Gasteiger charge is 1.97. The lowest BCUT2D eigenvalue weighted by molar-refractivity contribution is -0.144. The van der Waals surface area contributed by atoms with Crippen molar-refractivity contribution in [2.24, 2.45) is 0 Å². The second-order valence-corrected chi connectivity index (χ2v) is 3.99. The van der Waals surface area contributed by atoms with Crippen LogP contribution in [0.5, 0.6) is 0 Å². The molecule has 0 aromatic heterocycles. The van der Waals surface area contributed by atoms with Crippen LogP contribution in [0.1, 0.15) is 18.9 Å². The van der Waals surface area contributed by atoms with E-state index in [2.05, 4.69) is 5.32 Å². The van der Waals surface area contributed by atoms with Crippen LogP contribution in [0, 0.1) is 5.82 Å². The maximum absolute atomic E-state index is 12.7. The summed E-state index contributed by atoms with van der Waals surface area (Å²) in [4.78, 5) is 10.8. The standard InChI is InChI=1S/C14H20FNO3/c1-2-14(17)19-10-9-18-8-7-16-11-12-3-5-13(15)6-4-12/h3-6,16H,2,7-11H2,1H3. The smallest absolute Gasteiger partial charge is 0.305 e. The summed E-state index contributed by atoms with van der Waals surface area (Å²) in [5.41, 5.74) is 1.03. The summed E-state index contributed by atoms with van der Waals surface area (Å²) in [6, 6.07) is 6.37. The Hall–Kier alpha value is -1.46. The van der Waals surface area contributed by atoms with Gasteiger partial charge < -0.3 is 14.8 Å². The Labute approximate surface area is 112 Å². The van der Waals surface area contributed by atoms with Crippen molar-refractivity contribution in [2.45, 2.75) is 19.9 Å². The second-order valence-electron chi connectivity index (χ2n) is 3.99. The average Bonchev–Trinajstić information content (AvgIpc) is 2.43. The first-order valence-corrected chi connectivity index (χ1v) is 6.41. The molecule has 0 amide bonds. The molecule has 0 heterocycles. The molecule has 0 fully saturated rings. The zero-order valence-electron chi connectivity index (χ0n) is 11.2. The summed E-state index contributed by atoms with van der Waals surface area (Å²) in [5.74, 6) is -0.438. The van der Waals surface area contributed by atoms with E-state index in [0.29, 0.717) is 39.3 Å². The highest BCUT2D eigenvalue weighted by molar-refractivity contribution is 5.68. The molecule has 0 spiro atoms. The van der Waals surface area contributed by atoms with E-state index in [-0.39, 0.29) is 11.8 Å². The normalized spacial score (nSPS) is 10.4. The minimum atomic E-state index is -0.228. The number of rotatable bonds is 9. The Morgan fingerprint density at radius 3 is 2.63 bits per heavy atom. The summed E-state index contributed by atoms with van der Waals surface area (Å²) in [5, 5.41) is 3.18. The van der Waals surface area contributed by atoms with Crippen molar-refractivity contribution in [2.75, 3.05) is 26.4 Å². The number of hydrogen-bond donors (Lipinski definition) is 1. The summed E-state index contributed by atoms with van der Waals surface area (Å²) in [6.07, 6.45) is 0.388. The van der Waals surface area contributed by atoms with Crippen molar-refractivity contribution < 1.29 is 18.7 Å². The number of carbonyl (C=O) groups excluding carboxylic acids is 1. The zero-order valence-corrected chi connectivity index (χ0v) is 11.2. The van der Waals surface area contributed by atoms with Gasteiger partial charge in [0.2, 0.25) is 0 Å². The minimum Gasteiger partial charge on any atom is -0.463 e. The van der Waals surface area contributed by atoms with E-state index >= 15 is 0 Å². The lowest BCUT2D eigenvalue weighted by Crippen LogP contribution is -2.20. The van der Waals surface area contributed by atoms with Crippen LogP contribution >= 0.6 is 0 Å². The summed E-state index contributed by atoms with van der Waals surface area (Å²) < 4.78 is 22.8. The van der Waals surface area contributed by atoms with Gasteiger partial charge in [-0.2, -0.15) is 0 Å². The van der Waals surface area contributed by atoms with Crippen molar-refractivity contribution in [1.29, 1.82) is 0 Å². The Morgan fingerprint density at radius 1 is 1.21 bits per heavy atom. The van der Waals surface area contributed by atoms with Crippen LogP contribution in [0.25, 0.3) is 0 Å². The highest BCUT2D eigenvalue weighted by atomic mass is 19.1. The molecule has 0 saturated heterocycles. The summed E-state index contributed by atoms with van der Waals surface area (Å²) >= 11 is 0. The van der Waals surface area contributed by atoms with Crippen LogP contribution in [-0.4, -0.2) is 32.3 Å². The van der Waals surface area contributed by atoms with Gasteiger partial charge in [0.05, 0.1) is 13.2 Å². The van der Waals surface area contributed by atoms with Crippen molar-refractivity contribution in [3.63, 3.8) is 0 Å². The number of benzene rings is 1. The number of ether oxygens (including phenoxy) is 2. The molecule has 0 radical (unpaired) electrons. The average molecular weight is 269 g/mol. The van der Waals surface area contributed by atoms with Crippen LogP contribution < -0.4 is 5.32 Å². The van der Waals surface area contributed by atoms with Gasteiger partial charge in [-0.25, -0.2) is 4.39 Å². The third kappa shape index (κ3) is 7.54. The molecular weight excluding hydrogens is 249 g/mol. The molecule has 0 atom stereocenters. The molecule has 0 unspecified atom stereocenters. The first-order valence-electron chi connectivity index (χ1n) is 6.41. The molecule has 1 rings (SSSR count). The van der Waals surface area contributed by atoms with Crippen molar-refractivity contribution in [1.82, 2.24) is 5.32 Å².